The molecule has 0 bridgehead atoms. The van der Waals surface area contributed by atoms with Gasteiger partial charge in [0.15, 0.2) is 5.82 Å². The van der Waals surface area contributed by atoms with Crippen LogP contribution in [-0.2, 0) is 13.5 Å². The van der Waals surface area contributed by atoms with Crippen molar-refractivity contribution in [3.63, 3.8) is 0 Å². The second kappa shape index (κ2) is 5.73. The predicted octanol–water partition coefficient (Wildman–Crippen LogP) is 2.33. The van der Waals surface area contributed by atoms with Gasteiger partial charge >= 0.3 is 0 Å². The van der Waals surface area contributed by atoms with Gasteiger partial charge in [-0.3, -0.25) is 4.68 Å². The van der Waals surface area contributed by atoms with Gasteiger partial charge in [-0.15, -0.1) is 0 Å². The van der Waals surface area contributed by atoms with Crippen molar-refractivity contribution in [2.75, 3.05) is 25.3 Å². The number of methoxy groups -OCH3 is 2. The van der Waals surface area contributed by atoms with Crippen LogP contribution in [-0.4, -0.2) is 24.0 Å². The van der Waals surface area contributed by atoms with Crippen molar-refractivity contribution >= 4 is 17.2 Å². The summed E-state index contributed by atoms with van der Waals surface area (Å²) in [5.74, 6) is 2.18. The van der Waals surface area contributed by atoms with Gasteiger partial charge in [0.1, 0.15) is 11.5 Å². The maximum absolute atomic E-state index is 6.10. The molecule has 1 aromatic carbocycles. The molecule has 2 rings (SSSR count). The molecule has 20 heavy (non-hydrogen) atoms. The minimum absolute atomic E-state index is 0.664. The van der Waals surface area contributed by atoms with E-state index >= 15 is 0 Å². The number of nitrogens with zero attached hydrogens (tertiary/aromatic N) is 2. The number of rotatable bonds is 5. The van der Waals surface area contributed by atoms with Crippen molar-refractivity contribution < 1.29 is 9.47 Å². The van der Waals surface area contributed by atoms with Gasteiger partial charge in [-0.25, -0.2) is 0 Å². The summed E-state index contributed by atoms with van der Waals surface area (Å²) in [5.41, 5.74) is 8.47. The van der Waals surface area contributed by atoms with Crippen LogP contribution in [0.3, 0.4) is 0 Å². The number of aryl methyl sites for hydroxylation is 2. The minimum atomic E-state index is 0.664. The molecule has 1 heterocycles. The molecule has 0 fully saturated rings. The molecular formula is C14H20N4O2. The Morgan fingerprint density at radius 1 is 1.20 bits per heavy atom. The van der Waals surface area contributed by atoms with E-state index < -0.39 is 0 Å². The number of aromatic nitrogens is 2. The topological polar surface area (TPSA) is 74.3 Å². The maximum atomic E-state index is 6.10. The lowest BCUT2D eigenvalue weighted by Gasteiger charge is -2.11. The lowest BCUT2D eigenvalue weighted by atomic mass is 10.2. The quantitative estimate of drug-likeness (QED) is 0.876. The molecular weight excluding hydrogens is 256 g/mol. The van der Waals surface area contributed by atoms with E-state index in [0.29, 0.717) is 17.2 Å². The molecule has 0 aliphatic carbocycles. The van der Waals surface area contributed by atoms with E-state index in [4.69, 9.17) is 15.2 Å². The summed E-state index contributed by atoms with van der Waals surface area (Å²) in [5, 5.41) is 7.64. The second-order valence-corrected chi connectivity index (χ2v) is 4.41. The highest BCUT2D eigenvalue weighted by Gasteiger charge is 2.12. The van der Waals surface area contributed by atoms with E-state index in [-0.39, 0.29) is 0 Å². The van der Waals surface area contributed by atoms with Crippen LogP contribution in [0.25, 0.3) is 0 Å². The van der Waals surface area contributed by atoms with Gasteiger partial charge in [-0.2, -0.15) is 5.10 Å². The van der Waals surface area contributed by atoms with Crippen LogP contribution >= 0.6 is 0 Å². The van der Waals surface area contributed by atoms with Crippen LogP contribution in [0.5, 0.6) is 11.5 Å². The molecule has 2 aromatic rings. The van der Waals surface area contributed by atoms with Crippen LogP contribution in [0.1, 0.15) is 12.6 Å². The standard InChI is InChI=1S/C14H20N4O2/c1-5-12-13(15)14(18(2)17-12)16-9-6-10(19-3)8-11(7-9)20-4/h6-8,16H,5,15H2,1-4H3. The van der Waals surface area contributed by atoms with Crippen molar-refractivity contribution in [3.05, 3.63) is 23.9 Å². The molecule has 0 spiro atoms. The number of nitrogens with one attached hydrogen (secondary N) is 1. The molecule has 6 heteroatoms. The highest BCUT2D eigenvalue weighted by Crippen LogP contribution is 2.31. The first-order valence-electron chi connectivity index (χ1n) is 6.40. The van der Waals surface area contributed by atoms with Crippen molar-refractivity contribution in [1.82, 2.24) is 9.78 Å². The first-order valence-corrected chi connectivity index (χ1v) is 6.40. The Morgan fingerprint density at radius 2 is 1.80 bits per heavy atom. The molecule has 0 aliphatic heterocycles. The van der Waals surface area contributed by atoms with Gasteiger partial charge in [0, 0.05) is 30.9 Å². The van der Waals surface area contributed by atoms with Gasteiger partial charge in [-0.1, -0.05) is 6.92 Å². The number of hydrogen-bond donors (Lipinski definition) is 2. The molecule has 108 valence electrons. The third-order valence-corrected chi connectivity index (χ3v) is 3.11. The average Bonchev–Trinajstić information content (AvgIpc) is 2.74. The monoisotopic (exact) mass is 276 g/mol. The van der Waals surface area contributed by atoms with Gasteiger partial charge in [0.2, 0.25) is 0 Å². The fourth-order valence-electron chi connectivity index (χ4n) is 2.02. The Kier molecular flexibility index (Phi) is 4.02. The summed E-state index contributed by atoms with van der Waals surface area (Å²) in [4.78, 5) is 0. The van der Waals surface area contributed by atoms with E-state index in [1.54, 1.807) is 18.9 Å². The smallest absolute Gasteiger partial charge is 0.152 e. The maximum Gasteiger partial charge on any atom is 0.152 e. The Hall–Kier alpha value is -2.37. The molecule has 0 atom stereocenters. The third-order valence-electron chi connectivity index (χ3n) is 3.11. The fourth-order valence-corrected chi connectivity index (χ4v) is 2.02. The van der Waals surface area contributed by atoms with E-state index in [1.807, 2.05) is 32.2 Å². The zero-order valence-electron chi connectivity index (χ0n) is 12.2. The van der Waals surface area contributed by atoms with E-state index in [2.05, 4.69) is 10.4 Å². The summed E-state index contributed by atoms with van der Waals surface area (Å²) < 4.78 is 12.2. The first kappa shape index (κ1) is 14.0. The molecule has 6 nitrogen and oxygen atoms in total. The van der Waals surface area contributed by atoms with Crippen LogP contribution in [0.4, 0.5) is 17.2 Å². The number of benzene rings is 1. The molecule has 0 saturated heterocycles. The molecule has 0 amide bonds. The van der Waals surface area contributed by atoms with Crippen molar-refractivity contribution in [2.24, 2.45) is 7.05 Å². The summed E-state index contributed by atoms with van der Waals surface area (Å²) >= 11 is 0. The van der Waals surface area contributed by atoms with E-state index in [0.717, 1.165) is 23.6 Å². The van der Waals surface area contributed by atoms with Crippen molar-refractivity contribution in [1.29, 1.82) is 0 Å². The average molecular weight is 276 g/mol. The summed E-state index contributed by atoms with van der Waals surface area (Å²) in [6, 6.07) is 5.57. The SMILES string of the molecule is CCc1nn(C)c(Nc2cc(OC)cc(OC)c2)c1N. The molecule has 0 radical (unpaired) electrons. The zero-order valence-corrected chi connectivity index (χ0v) is 12.2. The lowest BCUT2D eigenvalue weighted by molar-refractivity contribution is 0.395. The summed E-state index contributed by atoms with van der Waals surface area (Å²) in [6.07, 6.45) is 0.794. The van der Waals surface area contributed by atoms with E-state index in [9.17, 15) is 0 Å². The second-order valence-electron chi connectivity index (χ2n) is 4.41. The van der Waals surface area contributed by atoms with Crippen LogP contribution in [0.2, 0.25) is 0 Å². The third kappa shape index (κ3) is 2.64. The fraction of sp³-hybridized carbons (Fsp3) is 0.357. The molecule has 0 aliphatic rings. The normalized spacial score (nSPS) is 10.4. The molecule has 3 N–H and O–H groups in total. The van der Waals surface area contributed by atoms with Gasteiger partial charge in [0.25, 0.3) is 0 Å². The number of hydrogen-bond acceptors (Lipinski definition) is 5. The number of anilines is 3. The Morgan fingerprint density at radius 3 is 2.25 bits per heavy atom. The van der Waals surface area contributed by atoms with E-state index in [1.165, 1.54) is 0 Å². The number of ether oxygens (including phenoxy) is 2. The van der Waals surface area contributed by atoms with Crippen LogP contribution in [0.15, 0.2) is 18.2 Å². The van der Waals surface area contributed by atoms with Gasteiger partial charge < -0.3 is 20.5 Å². The first-order chi connectivity index (χ1) is 9.58. The highest BCUT2D eigenvalue weighted by molar-refractivity contribution is 5.72. The number of nitrogens with two attached hydrogens (primary N) is 1. The van der Waals surface area contributed by atoms with Gasteiger partial charge in [0.05, 0.1) is 25.6 Å². The molecule has 1 aromatic heterocycles. The molecule has 0 unspecified atom stereocenters. The lowest BCUT2D eigenvalue weighted by Crippen LogP contribution is -2.02. The van der Waals surface area contributed by atoms with Crippen molar-refractivity contribution in [2.45, 2.75) is 13.3 Å². The van der Waals surface area contributed by atoms with Gasteiger partial charge in [-0.05, 0) is 6.42 Å². The largest absolute Gasteiger partial charge is 0.497 e. The number of nitrogen functional groups attached to an aromatic ring is 1. The van der Waals surface area contributed by atoms with Crippen molar-refractivity contribution in [3.8, 4) is 11.5 Å². The Bertz CT molecular complexity index is 585. The Balaban J connectivity index is 2.36. The summed E-state index contributed by atoms with van der Waals surface area (Å²) in [6.45, 7) is 2.02. The molecule has 0 saturated carbocycles. The predicted molar refractivity (Wildman–Crippen MR) is 79.8 cm³/mol. The zero-order chi connectivity index (χ0) is 14.7. The Labute approximate surface area is 118 Å². The van der Waals surface area contributed by atoms with Crippen LogP contribution < -0.4 is 20.5 Å². The summed E-state index contributed by atoms with van der Waals surface area (Å²) in [7, 11) is 5.09. The van der Waals surface area contributed by atoms with Crippen LogP contribution in [0, 0.1) is 0 Å². The minimum Gasteiger partial charge on any atom is -0.497 e. The highest BCUT2D eigenvalue weighted by atomic mass is 16.5.